The van der Waals surface area contributed by atoms with Crippen molar-refractivity contribution in [3.8, 4) is 5.75 Å². The molecule has 0 aliphatic rings. The first-order valence-electron chi connectivity index (χ1n) is 8.02. The third-order valence-corrected chi connectivity index (χ3v) is 5.97. The normalized spacial score (nSPS) is 10.4. The van der Waals surface area contributed by atoms with Crippen LogP contribution in [0.3, 0.4) is 0 Å². The van der Waals surface area contributed by atoms with Gasteiger partial charge in [-0.25, -0.2) is 4.79 Å². The minimum Gasteiger partial charge on any atom is -0.421 e. The first-order chi connectivity index (χ1) is 14.2. The van der Waals surface area contributed by atoms with Crippen molar-refractivity contribution in [2.75, 3.05) is 0 Å². The van der Waals surface area contributed by atoms with Crippen LogP contribution in [0.4, 0.5) is 10.0 Å². The van der Waals surface area contributed by atoms with E-state index in [1.807, 2.05) is 0 Å². The molecule has 154 valence electrons. The van der Waals surface area contributed by atoms with Gasteiger partial charge in [-0.1, -0.05) is 40.3 Å². The van der Waals surface area contributed by atoms with Crippen molar-refractivity contribution in [2.24, 2.45) is 0 Å². The van der Waals surface area contributed by atoms with Gasteiger partial charge in [-0.3, -0.25) is 25.0 Å². The van der Waals surface area contributed by atoms with E-state index >= 15 is 0 Å². The zero-order chi connectivity index (χ0) is 21.8. The lowest BCUT2D eigenvalue weighted by Gasteiger charge is -2.08. The maximum atomic E-state index is 12.1. The van der Waals surface area contributed by atoms with Crippen molar-refractivity contribution >= 4 is 56.2 Å². The predicted octanol–water partition coefficient (Wildman–Crippen LogP) is 4.43. The Labute approximate surface area is 181 Å². The quantitative estimate of drug-likeness (QED) is 0.234. The number of benzene rings is 1. The van der Waals surface area contributed by atoms with Gasteiger partial charge in [0.15, 0.2) is 0 Å². The summed E-state index contributed by atoms with van der Waals surface area (Å²) in [5, 5.41) is 23.8. The number of hydrogen-bond donors (Lipinski definition) is 1. The molecule has 1 amide bonds. The van der Waals surface area contributed by atoms with Gasteiger partial charge >= 0.3 is 16.0 Å². The van der Waals surface area contributed by atoms with Gasteiger partial charge in [-0.2, -0.15) is 0 Å². The van der Waals surface area contributed by atoms with Crippen molar-refractivity contribution in [1.29, 1.82) is 0 Å². The average Bonchev–Trinajstić information content (AvgIpc) is 3.38. The third kappa shape index (κ3) is 4.97. The summed E-state index contributed by atoms with van der Waals surface area (Å²) < 4.78 is 5.17. The fourth-order valence-electron chi connectivity index (χ4n) is 2.24. The lowest BCUT2D eigenvalue weighted by atomic mass is 10.2. The van der Waals surface area contributed by atoms with E-state index < -0.39 is 21.7 Å². The molecule has 0 bridgehead atoms. The number of halogens is 1. The number of nitro groups is 2. The lowest BCUT2D eigenvalue weighted by molar-refractivity contribution is -0.380. The SMILES string of the molecule is O=C(NCc1ccc(OC(=O)c2ccc([N+](=O)[O-])s2)c(Cl)c1)c1ccc([N+](=O)[O-])s1. The Morgan fingerprint density at radius 2 is 1.57 bits per heavy atom. The Kier molecular flexibility index (Phi) is 6.40. The number of ether oxygens (including phenoxy) is 1. The summed E-state index contributed by atoms with van der Waals surface area (Å²) >= 11 is 7.57. The van der Waals surface area contributed by atoms with Crippen molar-refractivity contribution in [1.82, 2.24) is 5.32 Å². The van der Waals surface area contributed by atoms with Gasteiger partial charge in [0.25, 0.3) is 5.91 Å². The molecule has 10 nitrogen and oxygen atoms in total. The number of thiophene rings is 2. The molecule has 13 heteroatoms. The highest BCUT2D eigenvalue weighted by Gasteiger charge is 2.19. The first kappa shape index (κ1) is 21.4. The van der Waals surface area contributed by atoms with E-state index in [2.05, 4.69) is 5.32 Å². The van der Waals surface area contributed by atoms with Gasteiger partial charge in [-0.05, 0) is 29.8 Å². The molecule has 3 rings (SSSR count). The third-order valence-electron chi connectivity index (χ3n) is 3.62. The van der Waals surface area contributed by atoms with Crippen LogP contribution in [0.2, 0.25) is 5.02 Å². The Morgan fingerprint density at radius 1 is 0.967 bits per heavy atom. The number of esters is 1. The minimum atomic E-state index is -0.782. The van der Waals surface area contributed by atoms with E-state index in [4.69, 9.17) is 16.3 Å². The van der Waals surface area contributed by atoms with Gasteiger partial charge in [-0.15, -0.1) is 0 Å². The van der Waals surface area contributed by atoms with Gasteiger partial charge in [0.2, 0.25) is 0 Å². The molecule has 1 aromatic carbocycles. The van der Waals surface area contributed by atoms with Gasteiger partial charge < -0.3 is 10.1 Å². The van der Waals surface area contributed by atoms with Crippen LogP contribution in [0.15, 0.2) is 42.5 Å². The van der Waals surface area contributed by atoms with Gasteiger partial charge in [0, 0.05) is 18.7 Å². The molecule has 0 spiro atoms. The fourth-order valence-corrected chi connectivity index (χ4v) is 3.92. The van der Waals surface area contributed by atoms with E-state index in [1.165, 1.54) is 36.4 Å². The molecule has 2 aromatic heterocycles. The number of carbonyl (C=O) groups is 2. The summed E-state index contributed by atoms with van der Waals surface area (Å²) in [5.74, 6) is -1.20. The summed E-state index contributed by atoms with van der Waals surface area (Å²) in [6.45, 7) is 0.0929. The molecule has 1 N–H and O–H groups in total. The Hall–Kier alpha value is -3.35. The first-order valence-corrected chi connectivity index (χ1v) is 10.0. The summed E-state index contributed by atoms with van der Waals surface area (Å²) in [7, 11) is 0. The average molecular weight is 468 g/mol. The molecule has 0 saturated carbocycles. The number of nitrogens with zero attached hydrogens (tertiary/aromatic N) is 2. The maximum Gasteiger partial charge on any atom is 0.354 e. The molecule has 30 heavy (non-hydrogen) atoms. The van der Waals surface area contributed by atoms with E-state index in [0.717, 1.165) is 11.3 Å². The number of hydrogen-bond acceptors (Lipinski definition) is 9. The molecule has 0 atom stereocenters. The van der Waals surface area contributed by atoms with Crippen LogP contribution in [-0.2, 0) is 6.54 Å². The van der Waals surface area contributed by atoms with E-state index in [9.17, 15) is 29.8 Å². The Balaban J connectivity index is 1.61. The van der Waals surface area contributed by atoms with Crippen LogP contribution in [0.5, 0.6) is 5.75 Å². The zero-order valence-corrected chi connectivity index (χ0v) is 17.1. The molecule has 0 unspecified atom stereocenters. The molecule has 3 aromatic rings. The molecular formula is C17H10ClN3O7S2. The van der Waals surface area contributed by atoms with Gasteiger partial charge in [0.1, 0.15) is 10.6 Å². The van der Waals surface area contributed by atoms with E-state index in [-0.39, 0.29) is 37.1 Å². The molecule has 0 aliphatic heterocycles. The largest absolute Gasteiger partial charge is 0.421 e. The van der Waals surface area contributed by atoms with Crippen LogP contribution in [0.1, 0.15) is 24.9 Å². The fraction of sp³-hybridized carbons (Fsp3) is 0.0588. The molecular weight excluding hydrogens is 458 g/mol. The van der Waals surface area contributed by atoms with Crippen LogP contribution in [-0.4, -0.2) is 21.7 Å². The van der Waals surface area contributed by atoms with Gasteiger partial charge in [0.05, 0.1) is 19.7 Å². The molecule has 0 radical (unpaired) electrons. The van der Waals surface area contributed by atoms with Crippen molar-refractivity contribution in [3.05, 3.63) is 83.0 Å². The monoisotopic (exact) mass is 467 g/mol. The smallest absolute Gasteiger partial charge is 0.354 e. The summed E-state index contributed by atoms with van der Waals surface area (Å²) in [6.07, 6.45) is 0. The molecule has 0 aliphatic carbocycles. The Morgan fingerprint density at radius 3 is 2.13 bits per heavy atom. The standard InChI is InChI=1S/C17H10ClN3O7S2/c18-10-7-9(8-19-16(22)12-3-5-14(29-12)20(24)25)1-2-11(10)28-17(23)13-4-6-15(30-13)21(26)27/h1-7H,8H2,(H,19,22). The predicted molar refractivity (Wildman–Crippen MR) is 110 cm³/mol. The van der Waals surface area contributed by atoms with Crippen molar-refractivity contribution < 1.29 is 24.2 Å². The number of rotatable bonds is 7. The second-order valence-corrected chi connectivity index (χ2v) is 8.16. The van der Waals surface area contributed by atoms with Crippen LogP contribution >= 0.6 is 34.3 Å². The zero-order valence-electron chi connectivity index (χ0n) is 14.7. The van der Waals surface area contributed by atoms with Crippen molar-refractivity contribution in [3.63, 3.8) is 0 Å². The van der Waals surface area contributed by atoms with E-state index in [1.54, 1.807) is 6.07 Å². The summed E-state index contributed by atoms with van der Waals surface area (Å²) in [4.78, 5) is 44.7. The number of carbonyl (C=O) groups excluding carboxylic acids is 2. The van der Waals surface area contributed by atoms with E-state index in [0.29, 0.717) is 16.9 Å². The summed E-state index contributed by atoms with van der Waals surface area (Å²) in [6, 6.07) is 9.60. The highest BCUT2D eigenvalue weighted by atomic mass is 35.5. The molecule has 0 fully saturated rings. The highest BCUT2D eigenvalue weighted by Crippen LogP contribution is 2.29. The molecule has 0 saturated heterocycles. The van der Waals surface area contributed by atoms with Crippen LogP contribution in [0.25, 0.3) is 0 Å². The number of nitrogens with one attached hydrogen (secondary N) is 1. The Bertz CT molecular complexity index is 1160. The van der Waals surface area contributed by atoms with Crippen molar-refractivity contribution in [2.45, 2.75) is 6.54 Å². The second kappa shape index (κ2) is 8.98. The molecule has 2 heterocycles. The minimum absolute atomic E-state index is 0.0548. The number of amides is 1. The topological polar surface area (TPSA) is 142 Å². The van der Waals surface area contributed by atoms with Crippen LogP contribution < -0.4 is 10.1 Å². The highest BCUT2D eigenvalue weighted by molar-refractivity contribution is 7.17. The lowest BCUT2D eigenvalue weighted by Crippen LogP contribution is -2.21. The summed E-state index contributed by atoms with van der Waals surface area (Å²) in [5.41, 5.74) is 0.603. The second-order valence-electron chi connectivity index (χ2n) is 5.63. The van der Waals surface area contributed by atoms with Crippen LogP contribution in [0, 0.1) is 20.2 Å². The maximum absolute atomic E-state index is 12.1.